The second kappa shape index (κ2) is 6.99. The predicted octanol–water partition coefficient (Wildman–Crippen LogP) is 2.94. The molecule has 0 atom stereocenters. The van der Waals surface area contributed by atoms with E-state index in [1.807, 2.05) is 0 Å². The summed E-state index contributed by atoms with van der Waals surface area (Å²) in [5.74, 6) is 0.996. The molecule has 2 aromatic heterocycles. The van der Waals surface area contributed by atoms with Gasteiger partial charge < -0.3 is 14.6 Å². The molecule has 140 valence electrons. The molecule has 2 heterocycles. The summed E-state index contributed by atoms with van der Waals surface area (Å²) >= 11 is 0. The lowest BCUT2D eigenvalue weighted by Crippen LogP contribution is -2.26. The van der Waals surface area contributed by atoms with Crippen molar-refractivity contribution in [3.8, 4) is 11.4 Å². The summed E-state index contributed by atoms with van der Waals surface area (Å²) in [6, 6.07) is 15.3. The fraction of sp³-hybridized carbons (Fsp3) is 0.100. The second-order valence-electron chi connectivity index (χ2n) is 6.09. The number of aryl methyl sites for hydroxylation is 1. The van der Waals surface area contributed by atoms with Gasteiger partial charge in [0.1, 0.15) is 11.5 Å². The highest BCUT2D eigenvalue weighted by Crippen LogP contribution is 2.18. The standard InChI is InChI=1S/C20H16N4O4/c1-12-11-17(23-28-12)21-19(25)18-15-5-3-4-6-16(15)20(26)24(22-18)13-7-9-14(27-2)10-8-13/h3-11H,1-2H3,(H,21,23,25). The highest BCUT2D eigenvalue weighted by molar-refractivity contribution is 6.10. The summed E-state index contributed by atoms with van der Waals surface area (Å²) in [5.41, 5.74) is 0.296. The van der Waals surface area contributed by atoms with E-state index in [2.05, 4.69) is 15.6 Å². The van der Waals surface area contributed by atoms with Crippen LogP contribution < -0.4 is 15.6 Å². The molecule has 0 spiro atoms. The van der Waals surface area contributed by atoms with Crippen LogP contribution in [0.25, 0.3) is 16.5 Å². The van der Waals surface area contributed by atoms with E-state index in [0.29, 0.717) is 28.0 Å². The fourth-order valence-electron chi connectivity index (χ4n) is 2.86. The molecule has 0 aliphatic heterocycles. The maximum absolute atomic E-state index is 12.9. The number of nitrogens with zero attached hydrogens (tertiary/aromatic N) is 3. The average molecular weight is 376 g/mol. The van der Waals surface area contributed by atoms with E-state index in [0.717, 1.165) is 0 Å². The van der Waals surface area contributed by atoms with Crippen molar-refractivity contribution in [1.82, 2.24) is 14.9 Å². The zero-order valence-electron chi connectivity index (χ0n) is 15.2. The first-order valence-electron chi connectivity index (χ1n) is 8.48. The van der Waals surface area contributed by atoms with Crippen molar-refractivity contribution in [3.05, 3.63) is 76.4 Å². The van der Waals surface area contributed by atoms with Crippen LogP contribution in [0.5, 0.6) is 5.75 Å². The summed E-state index contributed by atoms with van der Waals surface area (Å²) < 4.78 is 11.3. The largest absolute Gasteiger partial charge is 0.497 e. The number of benzene rings is 2. The van der Waals surface area contributed by atoms with E-state index in [1.165, 1.54) is 4.68 Å². The molecule has 0 aliphatic carbocycles. The highest BCUT2D eigenvalue weighted by atomic mass is 16.5. The highest BCUT2D eigenvalue weighted by Gasteiger charge is 2.18. The number of methoxy groups -OCH3 is 1. The predicted molar refractivity (Wildman–Crippen MR) is 103 cm³/mol. The number of carbonyl (C=O) groups excluding carboxylic acids is 1. The Morgan fingerprint density at radius 1 is 1.11 bits per heavy atom. The third kappa shape index (κ3) is 3.11. The molecule has 0 unspecified atom stereocenters. The quantitative estimate of drug-likeness (QED) is 0.588. The molecule has 28 heavy (non-hydrogen) atoms. The van der Waals surface area contributed by atoms with Crippen molar-refractivity contribution in [2.24, 2.45) is 0 Å². The van der Waals surface area contributed by atoms with Crippen LogP contribution in [0.2, 0.25) is 0 Å². The zero-order chi connectivity index (χ0) is 19.7. The maximum atomic E-state index is 12.9. The third-order valence-electron chi connectivity index (χ3n) is 4.21. The van der Waals surface area contributed by atoms with Crippen LogP contribution in [-0.2, 0) is 0 Å². The van der Waals surface area contributed by atoms with Crippen molar-refractivity contribution in [2.75, 3.05) is 12.4 Å². The topological polar surface area (TPSA) is 99.2 Å². The first kappa shape index (κ1) is 17.5. The van der Waals surface area contributed by atoms with E-state index >= 15 is 0 Å². The number of rotatable bonds is 4. The Balaban J connectivity index is 1.86. The molecule has 0 bridgehead atoms. The number of hydrogen-bond acceptors (Lipinski definition) is 6. The molecule has 4 rings (SSSR count). The fourth-order valence-corrected chi connectivity index (χ4v) is 2.86. The van der Waals surface area contributed by atoms with Gasteiger partial charge in [0.2, 0.25) is 0 Å². The number of amides is 1. The number of carbonyl (C=O) groups is 1. The van der Waals surface area contributed by atoms with Gasteiger partial charge in [-0.25, -0.2) is 0 Å². The van der Waals surface area contributed by atoms with E-state index < -0.39 is 5.91 Å². The third-order valence-corrected chi connectivity index (χ3v) is 4.21. The Kier molecular flexibility index (Phi) is 4.36. The molecule has 8 nitrogen and oxygen atoms in total. The van der Waals surface area contributed by atoms with Crippen LogP contribution in [0, 0.1) is 6.92 Å². The second-order valence-corrected chi connectivity index (χ2v) is 6.09. The van der Waals surface area contributed by atoms with Crippen molar-refractivity contribution in [3.63, 3.8) is 0 Å². The number of ether oxygens (including phenoxy) is 1. The normalized spacial score (nSPS) is 10.8. The van der Waals surface area contributed by atoms with Crippen molar-refractivity contribution >= 4 is 22.5 Å². The van der Waals surface area contributed by atoms with Gasteiger partial charge >= 0.3 is 0 Å². The Morgan fingerprint density at radius 2 is 1.82 bits per heavy atom. The molecule has 1 amide bonds. The summed E-state index contributed by atoms with van der Waals surface area (Å²) in [7, 11) is 1.56. The minimum atomic E-state index is -0.494. The molecule has 0 saturated heterocycles. The van der Waals surface area contributed by atoms with Gasteiger partial charge in [-0.2, -0.15) is 9.78 Å². The molecule has 1 N–H and O–H groups in total. The molecule has 0 aliphatic rings. The lowest BCUT2D eigenvalue weighted by molar-refractivity contribution is 0.102. The Bertz CT molecular complexity index is 1230. The SMILES string of the molecule is COc1ccc(-n2nc(C(=O)Nc3cc(C)on3)c3ccccc3c2=O)cc1. The van der Waals surface area contributed by atoms with Crippen LogP contribution in [0.4, 0.5) is 5.82 Å². The molecule has 4 aromatic rings. The van der Waals surface area contributed by atoms with Crippen LogP contribution >= 0.6 is 0 Å². The van der Waals surface area contributed by atoms with Crippen molar-refractivity contribution < 1.29 is 14.1 Å². The molecular weight excluding hydrogens is 360 g/mol. The van der Waals surface area contributed by atoms with Crippen LogP contribution in [0.15, 0.2) is 63.9 Å². The zero-order valence-corrected chi connectivity index (χ0v) is 15.2. The average Bonchev–Trinajstić information content (AvgIpc) is 3.13. The number of nitrogens with one attached hydrogen (secondary N) is 1. The molecular formula is C20H16N4O4. The maximum Gasteiger partial charge on any atom is 0.279 e. The lowest BCUT2D eigenvalue weighted by Gasteiger charge is -2.11. The number of fused-ring (bicyclic) bond motifs is 1. The van der Waals surface area contributed by atoms with Crippen molar-refractivity contribution in [2.45, 2.75) is 6.92 Å². The number of hydrogen-bond donors (Lipinski definition) is 1. The Morgan fingerprint density at radius 3 is 2.46 bits per heavy atom. The molecule has 0 saturated carbocycles. The summed E-state index contributed by atoms with van der Waals surface area (Å²) in [6.45, 7) is 1.72. The van der Waals surface area contributed by atoms with E-state index in [4.69, 9.17) is 9.26 Å². The lowest BCUT2D eigenvalue weighted by atomic mass is 10.1. The summed E-state index contributed by atoms with van der Waals surface area (Å²) in [4.78, 5) is 25.8. The van der Waals surface area contributed by atoms with Crippen molar-refractivity contribution in [1.29, 1.82) is 0 Å². The van der Waals surface area contributed by atoms with Gasteiger partial charge in [0.25, 0.3) is 11.5 Å². The minimum Gasteiger partial charge on any atom is -0.497 e. The first-order chi connectivity index (χ1) is 13.6. The monoisotopic (exact) mass is 376 g/mol. The van der Waals surface area contributed by atoms with Crippen LogP contribution in [-0.4, -0.2) is 28.0 Å². The van der Waals surface area contributed by atoms with Gasteiger partial charge in [-0.1, -0.05) is 23.4 Å². The number of aromatic nitrogens is 3. The van der Waals surface area contributed by atoms with Gasteiger partial charge in [-0.05, 0) is 37.3 Å². The van der Waals surface area contributed by atoms with Crippen LogP contribution in [0.3, 0.4) is 0 Å². The van der Waals surface area contributed by atoms with Gasteiger partial charge in [0.05, 0.1) is 18.2 Å². The Hall–Kier alpha value is -3.94. The summed E-state index contributed by atoms with van der Waals surface area (Å²) in [5, 5.41) is 11.6. The van der Waals surface area contributed by atoms with Gasteiger partial charge in [0, 0.05) is 11.5 Å². The molecule has 2 aromatic carbocycles. The Labute approximate surface area is 159 Å². The first-order valence-corrected chi connectivity index (χ1v) is 8.48. The van der Waals surface area contributed by atoms with E-state index in [9.17, 15) is 9.59 Å². The molecule has 0 fully saturated rings. The van der Waals surface area contributed by atoms with Gasteiger partial charge in [0.15, 0.2) is 11.5 Å². The van der Waals surface area contributed by atoms with E-state index in [-0.39, 0.29) is 17.1 Å². The number of anilines is 1. The molecule has 0 radical (unpaired) electrons. The summed E-state index contributed by atoms with van der Waals surface area (Å²) in [6.07, 6.45) is 0. The van der Waals surface area contributed by atoms with Crippen LogP contribution in [0.1, 0.15) is 16.2 Å². The van der Waals surface area contributed by atoms with Gasteiger partial charge in [-0.3, -0.25) is 9.59 Å². The molecule has 8 heteroatoms. The smallest absolute Gasteiger partial charge is 0.279 e. The minimum absolute atomic E-state index is 0.103. The van der Waals surface area contributed by atoms with E-state index in [1.54, 1.807) is 68.6 Å². The van der Waals surface area contributed by atoms with Gasteiger partial charge in [-0.15, -0.1) is 0 Å².